The van der Waals surface area contributed by atoms with Crippen molar-refractivity contribution in [2.45, 2.75) is 39.5 Å². The molecule has 6 rings (SSSR count). The number of para-hydroxylation sites is 1. The van der Waals surface area contributed by atoms with Gasteiger partial charge in [0.25, 0.3) is 5.56 Å². The molecular weight excluding hydrogens is 549 g/mol. The molecule has 0 bridgehead atoms. The van der Waals surface area contributed by atoms with Crippen molar-refractivity contribution in [3.63, 3.8) is 0 Å². The molecule has 42 heavy (non-hydrogen) atoms. The number of aryl methyl sites for hydroxylation is 1. The second-order valence-electron chi connectivity index (χ2n) is 10.2. The van der Waals surface area contributed by atoms with Crippen molar-refractivity contribution in [2.24, 2.45) is 0 Å². The van der Waals surface area contributed by atoms with Crippen LogP contribution in [0.25, 0.3) is 39.4 Å². The molecule has 0 N–H and O–H groups in total. The van der Waals surface area contributed by atoms with Gasteiger partial charge in [-0.15, -0.1) is 5.10 Å². The molecule has 3 heterocycles. The lowest BCUT2D eigenvalue weighted by Crippen LogP contribution is -2.23. The minimum atomic E-state index is -0.310. The van der Waals surface area contributed by atoms with Crippen LogP contribution in [-0.4, -0.2) is 31.0 Å². The molecule has 0 saturated carbocycles. The van der Waals surface area contributed by atoms with Gasteiger partial charge in [-0.05, 0) is 67.4 Å². The summed E-state index contributed by atoms with van der Waals surface area (Å²) in [4.78, 5) is 18.5. The standard InChI is InChI=1S/C33H30FN5O2S/c1-3-4-5-9-18-41-27-16-14-23(15-17-27)31-35-33-39(37-31)32(40)29(42-33)20-25-21-38(26-10-7-6-8-11-26)36-30(25)24-13-12-22(2)28(34)19-24/h6-8,10-17,19-21H,3-5,9,18H2,1-2H3. The Bertz CT molecular complexity index is 1940. The molecule has 0 aliphatic heterocycles. The molecule has 0 saturated heterocycles. The predicted octanol–water partition coefficient (Wildman–Crippen LogP) is 6.63. The highest BCUT2D eigenvalue weighted by Crippen LogP contribution is 2.26. The van der Waals surface area contributed by atoms with E-state index in [1.165, 1.54) is 41.2 Å². The SMILES string of the molecule is CCCCCCOc1ccc(-c2nc3sc(=Cc4cn(-c5ccccc5)nc4-c4ccc(C)c(F)c4)c(=O)n3n2)cc1. The first-order valence-electron chi connectivity index (χ1n) is 14.1. The summed E-state index contributed by atoms with van der Waals surface area (Å²) in [7, 11) is 0. The Labute approximate surface area is 246 Å². The zero-order valence-electron chi connectivity index (χ0n) is 23.5. The molecule has 0 aliphatic carbocycles. The fraction of sp³-hybridized carbons (Fsp3) is 0.212. The first-order valence-corrected chi connectivity index (χ1v) is 14.9. The van der Waals surface area contributed by atoms with Gasteiger partial charge in [-0.2, -0.15) is 14.6 Å². The van der Waals surface area contributed by atoms with Crippen molar-refractivity contribution in [3.05, 3.63) is 111 Å². The molecule has 0 radical (unpaired) electrons. The van der Waals surface area contributed by atoms with E-state index in [9.17, 15) is 9.18 Å². The molecule has 0 aliphatic rings. The molecule has 212 valence electrons. The largest absolute Gasteiger partial charge is 0.494 e. The Hall–Kier alpha value is -4.63. The van der Waals surface area contributed by atoms with Crippen LogP contribution in [0.2, 0.25) is 0 Å². The third-order valence-corrected chi connectivity index (χ3v) is 8.02. The molecule has 0 unspecified atom stereocenters. The van der Waals surface area contributed by atoms with Crippen LogP contribution in [0, 0.1) is 12.7 Å². The number of thiazole rings is 1. The first-order chi connectivity index (χ1) is 20.5. The van der Waals surface area contributed by atoms with Gasteiger partial charge in [-0.1, -0.05) is 67.9 Å². The van der Waals surface area contributed by atoms with Gasteiger partial charge in [-0.3, -0.25) is 4.79 Å². The van der Waals surface area contributed by atoms with Gasteiger partial charge in [0.15, 0.2) is 5.82 Å². The number of hydrogen-bond acceptors (Lipinski definition) is 6. The average molecular weight is 580 g/mol. The Kier molecular flexibility index (Phi) is 7.92. The summed E-state index contributed by atoms with van der Waals surface area (Å²) < 4.78 is 23.9. The van der Waals surface area contributed by atoms with Gasteiger partial charge in [-0.25, -0.2) is 9.07 Å². The van der Waals surface area contributed by atoms with E-state index >= 15 is 0 Å². The molecule has 6 aromatic rings. The maximum absolute atomic E-state index is 14.5. The summed E-state index contributed by atoms with van der Waals surface area (Å²) in [5, 5.41) is 9.25. The van der Waals surface area contributed by atoms with Gasteiger partial charge >= 0.3 is 0 Å². The number of fused-ring (bicyclic) bond motifs is 1. The summed E-state index contributed by atoms with van der Waals surface area (Å²) in [5.74, 6) is 0.972. The molecular formula is C33H30FN5O2S. The van der Waals surface area contributed by atoms with Crippen LogP contribution in [0.3, 0.4) is 0 Å². The molecule has 0 fully saturated rings. The number of rotatable bonds is 10. The first kappa shape index (κ1) is 27.5. The number of halogens is 1. The van der Waals surface area contributed by atoms with E-state index in [0.29, 0.717) is 44.3 Å². The summed E-state index contributed by atoms with van der Waals surface area (Å²) in [5.41, 5.74) is 3.84. The second kappa shape index (κ2) is 12.1. The highest BCUT2D eigenvalue weighted by Gasteiger charge is 2.16. The fourth-order valence-corrected chi connectivity index (χ4v) is 5.59. The lowest BCUT2D eigenvalue weighted by atomic mass is 10.1. The smallest absolute Gasteiger partial charge is 0.291 e. The van der Waals surface area contributed by atoms with Crippen LogP contribution < -0.4 is 14.8 Å². The van der Waals surface area contributed by atoms with Crippen molar-refractivity contribution >= 4 is 22.4 Å². The highest BCUT2D eigenvalue weighted by atomic mass is 32.1. The number of nitrogens with zero attached hydrogens (tertiary/aromatic N) is 5. The minimum Gasteiger partial charge on any atom is -0.494 e. The Morgan fingerprint density at radius 1 is 0.952 bits per heavy atom. The van der Waals surface area contributed by atoms with Crippen molar-refractivity contribution < 1.29 is 9.13 Å². The van der Waals surface area contributed by atoms with Crippen molar-refractivity contribution in [1.29, 1.82) is 0 Å². The van der Waals surface area contributed by atoms with E-state index in [2.05, 4.69) is 17.0 Å². The molecule has 0 spiro atoms. The summed E-state index contributed by atoms with van der Waals surface area (Å²) >= 11 is 1.25. The second-order valence-corrected chi connectivity index (χ2v) is 11.2. The quantitative estimate of drug-likeness (QED) is 0.171. The van der Waals surface area contributed by atoms with Gasteiger partial charge in [0, 0.05) is 22.9 Å². The van der Waals surface area contributed by atoms with Crippen molar-refractivity contribution in [1.82, 2.24) is 24.4 Å². The Morgan fingerprint density at radius 3 is 2.48 bits per heavy atom. The lowest BCUT2D eigenvalue weighted by molar-refractivity contribution is 0.305. The fourth-order valence-electron chi connectivity index (χ4n) is 4.69. The minimum absolute atomic E-state index is 0.269. The van der Waals surface area contributed by atoms with Crippen LogP contribution in [0.1, 0.15) is 43.7 Å². The number of benzene rings is 3. The maximum atomic E-state index is 14.5. The zero-order chi connectivity index (χ0) is 29.1. The number of hydrogen-bond donors (Lipinski definition) is 0. The Morgan fingerprint density at radius 2 is 1.74 bits per heavy atom. The third kappa shape index (κ3) is 5.73. The van der Waals surface area contributed by atoms with E-state index in [1.54, 1.807) is 23.7 Å². The monoisotopic (exact) mass is 579 g/mol. The molecule has 0 amide bonds. The van der Waals surface area contributed by atoms with E-state index in [1.807, 2.05) is 66.9 Å². The van der Waals surface area contributed by atoms with Crippen LogP contribution in [0.4, 0.5) is 4.39 Å². The summed E-state index contributed by atoms with van der Waals surface area (Å²) in [6.45, 7) is 4.61. The molecule has 7 nitrogen and oxygen atoms in total. The van der Waals surface area contributed by atoms with Crippen molar-refractivity contribution in [2.75, 3.05) is 6.61 Å². The van der Waals surface area contributed by atoms with Crippen LogP contribution in [0.15, 0.2) is 83.8 Å². The normalized spacial score (nSPS) is 11.9. The van der Waals surface area contributed by atoms with E-state index in [4.69, 9.17) is 9.84 Å². The maximum Gasteiger partial charge on any atom is 0.291 e. The van der Waals surface area contributed by atoms with Gasteiger partial charge in [0.05, 0.1) is 16.8 Å². The summed E-state index contributed by atoms with van der Waals surface area (Å²) in [6.07, 6.45) is 8.24. The topological polar surface area (TPSA) is 74.3 Å². The van der Waals surface area contributed by atoms with Crippen LogP contribution in [0.5, 0.6) is 5.75 Å². The third-order valence-electron chi connectivity index (χ3n) is 7.06. The van der Waals surface area contributed by atoms with E-state index in [-0.39, 0.29) is 11.4 Å². The van der Waals surface area contributed by atoms with Gasteiger partial charge in [0.1, 0.15) is 17.3 Å². The highest BCUT2D eigenvalue weighted by molar-refractivity contribution is 7.15. The molecule has 9 heteroatoms. The lowest BCUT2D eigenvalue weighted by Gasteiger charge is -2.06. The molecule has 3 aromatic heterocycles. The van der Waals surface area contributed by atoms with Gasteiger partial charge < -0.3 is 4.74 Å². The molecule has 0 atom stereocenters. The van der Waals surface area contributed by atoms with Crippen LogP contribution in [-0.2, 0) is 0 Å². The molecule has 3 aromatic carbocycles. The van der Waals surface area contributed by atoms with Crippen molar-refractivity contribution in [3.8, 4) is 34.1 Å². The van der Waals surface area contributed by atoms with Gasteiger partial charge in [0.2, 0.25) is 4.96 Å². The van der Waals surface area contributed by atoms with E-state index < -0.39 is 0 Å². The van der Waals surface area contributed by atoms with E-state index in [0.717, 1.165) is 23.4 Å². The number of ether oxygens (including phenoxy) is 1. The zero-order valence-corrected chi connectivity index (χ0v) is 24.3. The number of aromatic nitrogens is 5. The summed E-state index contributed by atoms with van der Waals surface area (Å²) in [6, 6.07) is 22.3. The average Bonchev–Trinajstić information content (AvgIpc) is 3.70. The predicted molar refractivity (Wildman–Crippen MR) is 165 cm³/mol. The Balaban J connectivity index is 1.31. The number of unbranched alkanes of at least 4 members (excludes halogenated alkanes) is 3. The van der Waals surface area contributed by atoms with Crippen LogP contribution >= 0.6 is 11.3 Å².